The highest BCUT2D eigenvalue weighted by molar-refractivity contribution is 6.31. The summed E-state index contributed by atoms with van der Waals surface area (Å²) in [6.45, 7) is 1.92. The van der Waals surface area contributed by atoms with Crippen LogP contribution in [0.1, 0.15) is 5.56 Å². The number of nitrogens with zero attached hydrogens (tertiary/aromatic N) is 4. The van der Waals surface area contributed by atoms with Crippen molar-refractivity contribution in [1.29, 1.82) is 0 Å². The lowest BCUT2D eigenvalue weighted by Crippen LogP contribution is -2.15. The molecule has 0 unspecified atom stereocenters. The fourth-order valence-corrected chi connectivity index (χ4v) is 2.00. The van der Waals surface area contributed by atoms with E-state index >= 15 is 0 Å². The molecule has 19 heavy (non-hydrogen) atoms. The van der Waals surface area contributed by atoms with Gasteiger partial charge in [0.05, 0.1) is 4.92 Å². The second kappa shape index (κ2) is 5.19. The van der Waals surface area contributed by atoms with Gasteiger partial charge >= 0.3 is 5.69 Å². The van der Waals surface area contributed by atoms with E-state index in [0.717, 1.165) is 11.3 Å². The molecule has 0 saturated heterocycles. The van der Waals surface area contributed by atoms with E-state index in [2.05, 4.69) is 9.97 Å². The quantitative estimate of drug-likeness (QED) is 0.490. The topological polar surface area (TPSA) is 72.2 Å². The minimum Gasteiger partial charge on any atom is -0.323 e. The molecule has 2 rings (SSSR count). The summed E-state index contributed by atoms with van der Waals surface area (Å²) in [5, 5.41) is 10.9. The van der Waals surface area contributed by atoms with Crippen molar-refractivity contribution >= 4 is 28.8 Å². The number of benzene rings is 1. The number of aryl methyl sites for hydroxylation is 1. The van der Waals surface area contributed by atoms with Crippen molar-refractivity contribution in [3.05, 3.63) is 51.4 Å². The van der Waals surface area contributed by atoms with E-state index < -0.39 is 4.92 Å². The number of hydrogen-bond acceptors (Lipinski definition) is 5. The number of para-hydroxylation sites is 1. The van der Waals surface area contributed by atoms with Gasteiger partial charge in [-0.1, -0.05) is 29.8 Å². The molecule has 0 atom stereocenters. The van der Waals surface area contributed by atoms with E-state index in [-0.39, 0.29) is 16.7 Å². The highest BCUT2D eigenvalue weighted by atomic mass is 35.5. The van der Waals surface area contributed by atoms with Gasteiger partial charge in [0.1, 0.15) is 6.33 Å². The molecular formula is C12H11ClN4O2. The minimum absolute atomic E-state index is 0.166. The molecule has 0 N–H and O–H groups in total. The predicted molar refractivity (Wildman–Crippen MR) is 72.9 cm³/mol. The summed E-state index contributed by atoms with van der Waals surface area (Å²) in [6, 6.07) is 7.52. The highest BCUT2D eigenvalue weighted by Crippen LogP contribution is 2.35. The molecule has 0 aliphatic heterocycles. The van der Waals surface area contributed by atoms with E-state index in [0.29, 0.717) is 0 Å². The Balaban J connectivity index is 2.57. The average molecular weight is 279 g/mol. The van der Waals surface area contributed by atoms with Crippen molar-refractivity contribution in [2.75, 3.05) is 11.9 Å². The Morgan fingerprint density at radius 1 is 1.32 bits per heavy atom. The smallest absolute Gasteiger partial charge is 0.323 e. The first-order chi connectivity index (χ1) is 9.02. The number of rotatable bonds is 3. The van der Waals surface area contributed by atoms with Crippen molar-refractivity contribution in [3.63, 3.8) is 0 Å². The lowest BCUT2D eigenvalue weighted by atomic mass is 10.2. The third-order valence-corrected chi connectivity index (χ3v) is 3.01. The Morgan fingerprint density at radius 2 is 2.00 bits per heavy atom. The summed E-state index contributed by atoms with van der Waals surface area (Å²) < 4.78 is 0. The van der Waals surface area contributed by atoms with Crippen LogP contribution in [-0.4, -0.2) is 21.9 Å². The summed E-state index contributed by atoms with van der Waals surface area (Å²) in [5.41, 5.74) is 1.50. The molecule has 0 bridgehead atoms. The first-order valence-electron chi connectivity index (χ1n) is 5.46. The molecule has 1 aromatic carbocycles. The molecule has 1 aromatic heterocycles. The number of anilines is 2. The Labute approximate surface area is 114 Å². The van der Waals surface area contributed by atoms with Crippen molar-refractivity contribution in [2.24, 2.45) is 0 Å². The van der Waals surface area contributed by atoms with Crippen LogP contribution in [0.4, 0.5) is 17.2 Å². The molecular weight excluding hydrogens is 268 g/mol. The standard InChI is InChI=1S/C12H11ClN4O2/c1-8-5-3-4-6-9(8)16(2)12-10(17(18)19)11(13)14-7-15-12/h3-7H,1-2H3. The summed E-state index contributed by atoms with van der Waals surface area (Å²) in [5.74, 6) is 0.166. The maximum Gasteiger partial charge on any atom is 0.348 e. The largest absolute Gasteiger partial charge is 0.348 e. The van der Waals surface area contributed by atoms with Crippen molar-refractivity contribution in [1.82, 2.24) is 9.97 Å². The van der Waals surface area contributed by atoms with Gasteiger partial charge in [-0.05, 0) is 18.6 Å². The molecule has 0 fully saturated rings. The highest BCUT2D eigenvalue weighted by Gasteiger charge is 2.25. The number of halogens is 1. The van der Waals surface area contributed by atoms with Crippen molar-refractivity contribution in [3.8, 4) is 0 Å². The van der Waals surface area contributed by atoms with Gasteiger partial charge in [-0.25, -0.2) is 9.97 Å². The monoisotopic (exact) mass is 278 g/mol. The summed E-state index contributed by atoms with van der Waals surface area (Å²) >= 11 is 5.78. The van der Waals surface area contributed by atoms with Crippen LogP contribution in [0.5, 0.6) is 0 Å². The molecule has 7 heteroatoms. The van der Waals surface area contributed by atoms with Gasteiger partial charge in [0.25, 0.3) is 0 Å². The van der Waals surface area contributed by atoms with Gasteiger partial charge in [0.2, 0.25) is 11.0 Å². The van der Waals surface area contributed by atoms with Gasteiger partial charge in [0.15, 0.2) is 0 Å². The molecule has 0 spiro atoms. The molecule has 0 amide bonds. The van der Waals surface area contributed by atoms with Crippen LogP contribution in [0.15, 0.2) is 30.6 Å². The normalized spacial score (nSPS) is 10.3. The molecule has 1 heterocycles. The Kier molecular flexibility index (Phi) is 3.62. The summed E-state index contributed by atoms with van der Waals surface area (Å²) in [4.78, 5) is 19.7. The van der Waals surface area contributed by atoms with Crippen LogP contribution in [-0.2, 0) is 0 Å². The van der Waals surface area contributed by atoms with E-state index in [1.165, 1.54) is 6.33 Å². The Morgan fingerprint density at radius 3 is 2.63 bits per heavy atom. The van der Waals surface area contributed by atoms with Gasteiger partial charge in [-0.15, -0.1) is 0 Å². The Bertz CT molecular complexity index is 633. The summed E-state index contributed by atoms with van der Waals surface area (Å²) in [6.07, 6.45) is 1.21. The number of hydrogen-bond donors (Lipinski definition) is 0. The minimum atomic E-state index is -0.577. The zero-order valence-corrected chi connectivity index (χ0v) is 11.1. The van der Waals surface area contributed by atoms with Crippen molar-refractivity contribution in [2.45, 2.75) is 6.92 Å². The molecule has 0 saturated carbocycles. The average Bonchev–Trinajstić information content (AvgIpc) is 2.37. The molecule has 6 nitrogen and oxygen atoms in total. The van der Waals surface area contributed by atoms with Gasteiger partial charge < -0.3 is 4.90 Å². The van der Waals surface area contributed by atoms with Gasteiger partial charge in [-0.3, -0.25) is 10.1 Å². The van der Waals surface area contributed by atoms with Crippen LogP contribution < -0.4 is 4.90 Å². The van der Waals surface area contributed by atoms with E-state index in [4.69, 9.17) is 11.6 Å². The number of nitro groups is 1. The maximum absolute atomic E-state index is 11.1. The predicted octanol–water partition coefficient (Wildman–Crippen LogP) is 3.11. The fraction of sp³-hybridized carbons (Fsp3) is 0.167. The Hall–Kier alpha value is -2.21. The van der Waals surface area contributed by atoms with Gasteiger partial charge in [-0.2, -0.15) is 0 Å². The first-order valence-corrected chi connectivity index (χ1v) is 5.84. The third kappa shape index (κ3) is 2.48. The third-order valence-electron chi connectivity index (χ3n) is 2.74. The maximum atomic E-state index is 11.1. The molecule has 98 valence electrons. The van der Waals surface area contributed by atoms with Crippen LogP contribution in [0.2, 0.25) is 5.15 Å². The van der Waals surface area contributed by atoms with E-state index in [1.54, 1.807) is 11.9 Å². The molecule has 0 aliphatic rings. The fourth-order valence-electron chi connectivity index (χ4n) is 1.81. The zero-order valence-electron chi connectivity index (χ0n) is 10.4. The van der Waals surface area contributed by atoms with Crippen molar-refractivity contribution < 1.29 is 4.92 Å². The first kappa shape index (κ1) is 13.2. The second-order valence-electron chi connectivity index (χ2n) is 3.94. The number of aromatic nitrogens is 2. The molecule has 2 aromatic rings. The van der Waals surface area contributed by atoms with Crippen LogP contribution in [0, 0.1) is 17.0 Å². The van der Waals surface area contributed by atoms with Crippen LogP contribution >= 0.6 is 11.6 Å². The second-order valence-corrected chi connectivity index (χ2v) is 4.30. The molecule has 0 radical (unpaired) electrons. The SMILES string of the molecule is Cc1ccccc1N(C)c1ncnc(Cl)c1[N+](=O)[O-]. The molecule has 0 aliphatic carbocycles. The lowest BCUT2D eigenvalue weighted by Gasteiger charge is -2.19. The zero-order chi connectivity index (χ0) is 14.0. The summed E-state index contributed by atoms with van der Waals surface area (Å²) in [7, 11) is 1.70. The van der Waals surface area contributed by atoms with Crippen LogP contribution in [0.3, 0.4) is 0 Å². The van der Waals surface area contributed by atoms with E-state index in [1.807, 2.05) is 31.2 Å². The van der Waals surface area contributed by atoms with Crippen LogP contribution in [0.25, 0.3) is 0 Å². The lowest BCUT2D eigenvalue weighted by molar-refractivity contribution is -0.384. The van der Waals surface area contributed by atoms with Gasteiger partial charge in [0, 0.05) is 12.7 Å². The van der Waals surface area contributed by atoms with E-state index in [9.17, 15) is 10.1 Å².